The molecule has 1 fully saturated rings. The van der Waals surface area contributed by atoms with Gasteiger partial charge in [0.2, 0.25) is 5.91 Å². The van der Waals surface area contributed by atoms with Crippen LogP contribution in [0.5, 0.6) is 0 Å². The van der Waals surface area contributed by atoms with Crippen molar-refractivity contribution in [1.29, 1.82) is 0 Å². The van der Waals surface area contributed by atoms with E-state index in [2.05, 4.69) is 0 Å². The van der Waals surface area contributed by atoms with Crippen LogP contribution < -0.4 is 0 Å². The van der Waals surface area contributed by atoms with Crippen LogP contribution in [0.25, 0.3) is 0 Å². The molecule has 3 nitrogen and oxygen atoms in total. The lowest BCUT2D eigenvalue weighted by Gasteiger charge is -2.32. The van der Waals surface area contributed by atoms with E-state index < -0.39 is 0 Å². The maximum absolute atomic E-state index is 12.8. The van der Waals surface area contributed by atoms with E-state index in [1.54, 1.807) is 12.1 Å². The van der Waals surface area contributed by atoms with Crippen LogP contribution in [0.15, 0.2) is 24.3 Å². The Morgan fingerprint density at radius 2 is 2.15 bits per heavy atom. The van der Waals surface area contributed by atoms with Gasteiger partial charge in [-0.05, 0) is 43.4 Å². The first kappa shape index (κ1) is 15.0. The number of halogens is 1. The highest BCUT2D eigenvalue weighted by Crippen LogP contribution is 2.18. The van der Waals surface area contributed by atoms with Crippen molar-refractivity contribution in [1.82, 2.24) is 4.90 Å². The van der Waals surface area contributed by atoms with Crippen molar-refractivity contribution in [2.45, 2.75) is 26.2 Å². The van der Waals surface area contributed by atoms with Crippen molar-refractivity contribution in [2.24, 2.45) is 5.92 Å². The summed E-state index contributed by atoms with van der Waals surface area (Å²) in [6, 6.07) is 6.15. The summed E-state index contributed by atoms with van der Waals surface area (Å²) in [5, 5.41) is 0. The molecule has 0 radical (unpaired) electrons. The van der Waals surface area contributed by atoms with Gasteiger partial charge >= 0.3 is 0 Å². The lowest BCUT2D eigenvalue weighted by atomic mass is 9.98. The summed E-state index contributed by atoms with van der Waals surface area (Å²) < 4.78 is 18.3. The summed E-state index contributed by atoms with van der Waals surface area (Å²) in [4.78, 5) is 14.2. The maximum atomic E-state index is 12.8. The average Bonchev–Trinajstić information content (AvgIpc) is 2.48. The Kier molecular flexibility index (Phi) is 5.53. The van der Waals surface area contributed by atoms with Crippen LogP contribution in [0, 0.1) is 11.7 Å². The van der Waals surface area contributed by atoms with Crippen LogP contribution in [0.3, 0.4) is 0 Å². The summed E-state index contributed by atoms with van der Waals surface area (Å²) in [7, 11) is 0. The van der Waals surface area contributed by atoms with Gasteiger partial charge in [0.05, 0.1) is 13.0 Å². The number of amides is 1. The molecule has 1 aliphatic rings. The number of hydrogen-bond acceptors (Lipinski definition) is 2. The quantitative estimate of drug-likeness (QED) is 0.829. The molecule has 1 aliphatic heterocycles. The zero-order valence-electron chi connectivity index (χ0n) is 12.0. The molecule has 4 heteroatoms. The van der Waals surface area contributed by atoms with E-state index in [-0.39, 0.29) is 11.7 Å². The van der Waals surface area contributed by atoms with Gasteiger partial charge in [0.1, 0.15) is 5.82 Å². The average molecular weight is 279 g/mol. The molecule has 0 bridgehead atoms. The first-order chi connectivity index (χ1) is 9.69. The van der Waals surface area contributed by atoms with Gasteiger partial charge in [-0.1, -0.05) is 12.1 Å². The summed E-state index contributed by atoms with van der Waals surface area (Å²) in [5.41, 5.74) is 0.864. The van der Waals surface area contributed by atoms with E-state index in [9.17, 15) is 9.18 Å². The van der Waals surface area contributed by atoms with Gasteiger partial charge in [0, 0.05) is 19.7 Å². The van der Waals surface area contributed by atoms with Gasteiger partial charge in [0.15, 0.2) is 0 Å². The molecule has 0 aromatic heterocycles. The summed E-state index contributed by atoms with van der Waals surface area (Å²) in [6.45, 7) is 5.04. The molecule has 110 valence electrons. The van der Waals surface area contributed by atoms with Crippen LogP contribution in [-0.2, 0) is 16.0 Å². The van der Waals surface area contributed by atoms with Crippen molar-refractivity contribution >= 4 is 5.91 Å². The zero-order valence-corrected chi connectivity index (χ0v) is 12.0. The monoisotopic (exact) mass is 279 g/mol. The predicted octanol–water partition coefficient (Wildman–Crippen LogP) is 2.64. The second kappa shape index (κ2) is 7.39. The first-order valence-corrected chi connectivity index (χ1v) is 7.29. The highest BCUT2D eigenvalue weighted by Gasteiger charge is 2.23. The van der Waals surface area contributed by atoms with Crippen molar-refractivity contribution in [3.8, 4) is 0 Å². The summed E-state index contributed by atoms with van der Waals surface area (Å²) in [5.74, 6) is 0.301. The van der Waals surface area contributed by atoms with Crippen LogP contribution in [0.2, 0.25) is 0 Å². The molecule has 1 heterocycles. The van der Waals surface area contributed by atoms with E-state index >= 15 is 0 Å². The minimum absolute atomic E-state index is 0.123. The number of ether oxygens (including phenoxy) is 1. The molecular formula is C16H22FNO2. The molecule has 1 unspecified atom stereocenters. The number of carbonyl (C=O) groups is 1. The number of hydrogen-bond donors (Lipinski definition) is 0. The lowest BCUT2D eigenvalue weighted by molar-refractivity contribution is -0.132. The topological polar surface area (TPSA) is 29.5 Å². The molecule has 20 heavy (non-hydrogen) atoms. The summed E-state index contributed by atoms with van der Waals surface area (Å²) >= 11 is 0. The van der Waals surface area contributed by atoms with E-state index in [1.165, 1.54) is 12.1 Å². The molecule has 1 saturated heterocycles. The predicted molar refractivity (Wildman–Crippen MR) is 75.9 cm³/mol. The molecular weight excluding hydrogens is 257 g/mol. The number of piperidine rings is 1. The van der Waals surface area contributed by atoms with Crippen molar-refractivity contribution in [3.05, 3.63) is 35.6 Å². The third kappa shape index (κ3) is 4.30. The lowest BCUT2D eigenvalue weighted by Crippen LogP contribution is -2.42. The molecule has 1 amide bonds. The minimum atomic E-state index is -0.268. The van der Waals surface area contributed by atoms with E-state index in [0.29, 0.717) is 12.3 Å². The fourth-order valence-electron chi connectivity index (χ4n) is 2.60. The molecule has 2 rings (SSSR count). The number of likely N-dealkylation sites (tertiary alicyclic amines) is 1. The highest BCUT2D eigenvalue weighted by atomic mass is 19.1. The normalized spacial score (nSPS) is 19.1. The van der Waals surface area contributed by atoms with Crippen molar-refractivity contribution in [3.63, 3.8) is 0 Å². The number of rotatable bonds is 5. The van der Waals surface area contributed by atoms with Gasteiger partial charge < -0.3 is 9.64 Å². The Hall–Kier alpha value is -1.42. The van der Waals surface area contributed by atoms with E-state index in [4.69, 9.17) is 4.74 Å². The Bertz CT molecular complexity index is 433. The summed E-state index contributed by atoms with van der Waals surface area (Å²) in [6.07, 6.45) is 2.51. The van der Waals surface area contributed by atoms with Crippen LogP contribution >= 0.6 is 0 Å². The molecule has 0 aliphatic carbocycles. The number of carbonyl (C=O) groups excluding carboxylic acids is 1. The van der Waals surface area contributed by atoms with Gasteiger partial charge in [-0.25, -0.2) is 4.39 Å². The third-order valence-electron chi connectivity index (χ3n) is 3.70. The highest BCUT2D eigenvalue weighted by molar-refractivity contribution is 5.78. The maximum Gasteiger partial charge on any atom is 0.226 e. The Labute approximate surface area is 119 Å². The zero-order chi connectivity index (χ0) is 14.4. The van der Waals surface area contributed by atoms with Crippen LogP contribution in [0.4, 0.5) is 4.39 Å². The Balaban J connectivity index is 1.86. The molecule has 0 saturated carbocycles. The largest absolute Gasteiger partial charge is 0.381 e. The van der Waals surface area contributed by atoms with Gasteiger partial charge in [-0.15, -0.1) is 0 Å². The van der Waals surface area contributed by atoms with Crippen LogP contribution in [0.1, 0.15) is 25.3 Å². The first-order valence-electron chi connectivity index (χ1n) is 7.29. The second-order valence-corrected chi connectivity index (χ2v) is 5.31. The molecule has 1 aromatic carbocycles. The van der Waals surface area contributed by atoms with Gasteiger partial charge in [-0.2, -0.15) is 0 Å². The third-order valence-corrected chi connectivity index (χ3v) is 3.70. The van der Waals surface area contributed by atoms with E-state index in [1.807, 2.05) is 11.8 Å². The van der Waals surface area contributed by atoms with Crippen molar-refractivity contribution < 1.29 is 13.9 Å². The van der Waals surface area contributed by atoms with Gasteiger partial charge in [0.25, 0.3) is 0 Å². The number of benzene rings is 1. The van der Waals surface area contributed by atoms with Crippen LogP contribution in [-0.4, -0.2) is 37.1 Å². The fraction of sp³-hybridized carbons (Fsp3) is 0.562. The Morgan fingerprint density at radius 1 is 1.40 bits per heavy atom. The second-order valence-electron chi connectivity index (χ2n) is 5.31. The molecule has 0 N–H and O–H groups in total. The SMILES string of the molecule is CCOCC1CCCN(C(=O)Cc2ccc(F)cc2)C1. The smallest absolute Gasteiger partial charge is 0.226 e. The fourth-order valence-corrected chi connectivity index (χ4v) is 2.60. The number of nitrogens with zero attached hydrogens (tertiary/aromatic N) is 1. The molecule has 0 spiro atoms. The minimum Gasteiger partial charge on any atom is -0.381 e. The van der Waals surface area contributed by atoms with E-state index in [0.717, 1.165) is 44.7 Å². The Morgan fingerprint density at radius 3 is 2.85 bits per heavy atom. The van der Waals surface area contributed by atoms with Crippen molar-refractivity contribution in [2.75, 3.05) is 26.3 Å². The standard InChI is InChI=1S/C16H22FNO2/c1-2-20-12-14-4-3-9-18(11-14)16(19)10-13-5-7-15(17)8-6-13/h5-8,14H,2-4,9-12H2,1H3. The van der Waals surface area contributed by atoms with Gasteiger partial charge in [-0.3, -0.25) is 4.79 Å². The molecule has 1 aromatic rings. The molecule has 1 atom stereocenters.